The summed E-state index contributed by atoms with van der Waals surface area (Å²) in [4.78, 5) is 4.19. The van der Waals surface area contributed by atoms with Gasteiger partial charge in [0, 0.05) is 17.7 Å². The molecule has 0 amide bonds. The van der Waals surface area contributed by atoms with E-state index in [0.29, 0.717) is 6.61 Å². The average molecular weight is 343 g/mol. The van der Waals surface area contributed by atoms with Gasteiger partial charge in [-0.05, 0) is 52.7 Å². The third-order valence-electron chi connectivity index (χ3n) is 3.26. The van der Waals surface area contributed by atoms with Crippen LogP contribution in [0, 0.1) is 0 Å². The Kier molecular flexibility index (Phi) is 4.06. The van der Waals surface area contributed by atoms with E-state index in [1.807, 2.05) is 31.3 Å². The molecule has 3 aromatic rings. The Hall–Kier alpha value is -2.07. The Balaban J connectivity index is 1.77. The van der Waals surface area contributed by atoms with Crippen LogP contribution < -0.4 is 10.1 Å². The van der Waals surface area contributed by atoms with Crippen molar-refractivity contribution >= 4 is 32.5 Å². The van der Waals surface area contributed by atoms with E-state index < -0.39 is 0 Å². The fraction of sp³-hybridized carbons (Fsp3) is 0.118. The van der Waals surface area contributed by atoms with Gasteiger partial charge in [0.05, 0.1) is 0 Å². The molecule has 0 aliphatic rings. The van der Waals surface area contributed by atoms with Crippen molar-refractivity contribution in [3.8, 4) is 5.75 Å². The monoisotopic (exact) mass is 342 g/mol. The Labute approximate surface area is 132 Å². The highest BCUT2D eigenvalue weighted by Gasteiger charge is 2.00. The second-order valence-corrected chi connectivity index (χ2v) is 5.66. The molecule has 0 aliphatic heterocycles. The zero-order valence-corrected chi connectivity index (χ0v) is 13.2. The predicted octanol–water partition coefficient (Wildman–Crippen LogP) is 4.62. The van der Waals surface area contributed by atoms with Crippen molar-refractivity contribution in [1.29, 1.82) is 0 Å². The first-order valence-corrected chi connectivity index (χ1v) is 7.49. The van der Waals surface area contributed by atoms with Crippen LogP contribution in [0.5, 0.6) is 5.75 Å². The van der Waals surface area contributed by atoms with E-state index in [4.69, 9.17) is 4.74 Å². The van der Waals surface area contributed by atoms with E-state index in [1.54, 1.807) is 6.20 Å². The van der Waals surface area contributed by atoms with Crippen LogP contribution in [0.4, 0.5) is 5.82 Å². The largest absolute Gasteiger partial charge is 0.489 e. The zero-order chi connectivity index (χ0) is 14.7. The van der Waals surface area contributed by atoms with Crippen LogP contribution >= 0.6 is 15.9 Å². The fourth-order valence-corrected chi connectivity index (χ4v) is 2.53. The molecule has 21 heavy (non-hydrogen) atoms. The van der Waals surface area contributed by atoms with Crippen LogP contribution in [-0.4, -0.2) is 12.0 Å². The van der Waals surface area contributed by atoms with Crippen molar-refractivity contribution in [1.82, 2.24) is 4.98 Å². The highest BCUT2D eigenvalue weighted by atomic mass is 79.9. The van der Waals surface area contributed by atoms with Gasteiger partial charge in [0.1, 0.15) is 18.2 Å². The summed E-state index contributed by atoms with van der Waals surface area (Å²) in [6.07, 6.45) is 1.78. The Morgan fingerprint density at radius 3 is 2.71 bits per heavy atom. The van der Waals surface area contributed by atoms with Crippen molar-refractivity contribution in [2.45, 2.75) is 6.61 Å². The lowest BCUT2D eigenvalue weighted by atomic mass is 10.1. The van der Waals surface area contributed by atoms with E-state index in [0.717, 1.165) is 21.6 Å². The van der Waals surface area contributed by atoms with E-state index in [9.17, 15) is 0 Å². The number of halogens is 1. The lowest BCUT2D eigenvalue weighted by molar-refractivity contribution is 0.306. The van der Waals surface area contributed by atoms with Gasteiger partial charge in [-0.3, -0.25) is 0 Å². The summed E-state index contributed by atoms with van der Waals surface area (Å²) < 4.78 is 6.95. The van der Waals surface area contributed by atoms with Gasteiger partial charge in [-0.15, -0.1) is 0 Å². The summed E-state index contributed by atoms with van der Waals surface area (Å²) >= 11 is 3.48. The molecule has 106 valence electrons. The number of hydrogen-bond acceptors (Lipinski definition) is 3. The number of benzene rings is 2. The number of fused-ring (bicyclic) bond motifs is 1. The van der Waals surface area contributed by atoms with E-state index >= 15 is 0 Å². The third-order valence-corrected chi connectivity index (χ3v) is 3.75. The van der Waals surface area contributed by atoms with Gasteiger partial charge in [-0.1, -0.05) is 28.1 Å². The molecular formula is C17H15BrN2O. The van der Waals surface area contributed by atoms with Crippen molar-refractivity contribution in [3.05, 3.63) is 64.8 Å². The molecule has 0 radical (unpaired) electrons. The van der Waals surface area contributed by atoms with Gasteiger partial charge in [-0.25, -0.2) is 4.98 Å². The molecule has 0 saturated heterocycles. The molecule has 0 unspecified atom stereocenters. The van der Waals surface area contributed by atoms with Crippen LogP contribution in [0.15, 0.2) is 59.2 Å². The molecule has 0 atom stereocenters. The quantitative estimate of drug-likeness (QED) is 0.751. The van der Waals surface area contributed by atoms with Crippen LogP contribution in [0.2, 0.25) is 0 Å². The molecule has 0 bridgehead atoms. The molecule has 2 aromatic carbocycles. The van der Waals surface area contributed by atoms with E-state index in [2.05, 4.69) is 50.5 Å². The van der Waals surface area contributed by atoms with Gasteiger partial charge in [0.15, 0.2) is 0 Å². The number of anilines is 1. The molecule has 0 saturated carbocycles. The lowest BCUT2D eigenvalue weighted by Gasteiger charge is -2.08. The van der Waals surface area contributed by atoms with E-state index in [-0.39, 0.29) is 0 Å². The minimum Gasteiger partial charge on any atom is -0.489 e. The Morgan fingerprint density at radius 2 is 1.86 bits per heavy atom. The van der Waals surface area contributed by atoms with Crippen molar-refractivity contribution < 1.29 is 4.74 Å². The first kappa shape index (κ1) is 13.9. The third kappa shape index (κ3) is 3.34. The molecule has 0 fully saturated rings. The van der Waals surface area contributed by atoms with Crippen LogP contribution in [0.25, 0.3) is 10.8 Å². The maximum absolute atomic E-state index is 5.86. The number of nitrogens with zero attached hydrogens (tertiary/aromatic N) is 1. The van der Waals surface area contributed by atoms with Gasteiger partial charge in [0.2, 0.25) is 0 Å². The smallest absolute Gasteiger partial charge is 0.126 e. The lowest BCUT2D eigenvalue weighted by Crippen LogP contribution is -1.98. The second kappa shape index (κ2) is 6.14. The summed E-state index contributed by atoms with van der Waals surface area (Å²) in [5.41, 5.74) is 1.09. The molecule has 1 heterocycles. The minimum atomic E-state index is 0.527. The predicted molar refractivity (Wildman–Crippen MR) is 89.8 cm³/mol. The van der Waals surface area contributed by atoms with E-state index in [1.165, 1.54) is 10.8 Å². The van der Waals surface area contributed by atoms with Crippen molar-refractivity contribution in [3.63, 3.8) is 0 Å². The van der Waals surface area contributed by atoms with Gasteiger partial charge in [0.25, 0.3) is 0 Å². The van der Waals surface area contributed by atoms with Gasteiger partial charge >= 0.3 is 0 Å². The SMILES string of the molecule is CNc1cc(COc2ccc3cc(Br)ccc3c2)ccn1. The highest BCUT2D eigenvalue weighted by Crippen LogP contribution is 2.24. The number of aromatic nitrogens is 1. The molecule has 0 aliphatic carbocycles. The fourth-order valence-electron chi connectivity index (χ4n) is 2.15. The molecular weight excluding hydrogens is 328 g/mol. The maximum atomic E-state index is 5.86. The summed E-state index contributed by atoms with van der Waals surface area (Å²) in [6.45, 7) is 0.527. The number of ether oxygens (including phenoxy) is 1. The number of nitrogens with one attached hydrogen (secondary N) is 1. The summed E-state index contributed by atoms with van der Waals surface area (Å²) in [7, 11) is 1.86. The van der Waals surface area contributed by atoms with Gasteiger partial charge in [-0.2, -0.15) is 0 Å². The minimum absolute atomic E-state index is 0.527. The molecule has 4 heteroatoms. The molecule has 0 spiro atoms. The van der Waals surface area contributed by atoms with Crippen molar-refractivity contribution in [2.24, 2.45) is 0 Å². The summed E-state index contributed by atoms with van der Waals surface area (Å²) in [5.74, 6) is 1.71. The zero-order valence-electron chi connectivity index (χ0n) is 11.6. The first-order chi connectivity index (χ1) is 10.2. The summed E-state index contributed by atoms with van der Waals surface area (Å²) in [6, 6.07) is 16.3. The molecule has 1 N–H and O–H groups in total. The van der Waals surface area contributed by atoms with Crippen LogP contribution in [0.1, 0.15) is 5.56 Å². The molecule has 3 nitrogen and oxygen atoms in total. The average Bonchev–Trinajstić information content (AvgIpc) is 2.53. The van der Waals surface area contributed by atoms with Crippen LogP contribution in [-0.2, 0) is 6.61 Å². The maximum Gasteiger partial charge on any atom is 0.126 e. The van der Waals surface area contributed by atoms with Gasteiger partial charge < -0.3 is 10.1 Å². The Bertz CT molecular complexity index is 774. The topological polar surface area (TPSA) is 34.1 Å². The number of pyridine rings is 1. The highest BCUT2D eigenvalue weighted by molar-refractivity contribution is 9.10. The normalized spacial score (nSPS) is 10.6. The first-order valence-electron chi connectivity index (χ1n) is 6.69. The van der Waals surface area contributed by atoms with Crippen LogP contribution in [0.3, 0.4) is 0 Å². The standard InChI is InChI=1S/C17H15BrN2O/c1-19-17-8-12(6-7-20-17)11-21-16-5-3-13-9-15(18)4-2-14(13)10-16/h2-10H,11H2,1H3,(H,19,20). The number of hydrogen-bond donors (Lipinski definition) is 1. The summed E-state index contributed by atoms with van der Waals surface area (Å²) in [5, 5.41) is 5.38. The van der Waals surface area contributed by atoms with Crippen molar-refractivity contribution in [2.75, 3.05) is 12.4 Å². The second-order valence-electron chi connectivity index (χ2n) is 4.74. The molecule has 3 rings (SSSR count). The molecule has 1 aromatic heterocycles. The Morgan fingerprint density at radius 1 is 1.05 bits per heavy atom. The number of rotatable bonds is 4.